The van der Waals surface area contributed by atoms with Crippen molar-refractivity contribution in [3.8, 4) is 28.5 Å². The summed E-state index contributed by atoms with van der Waals surface area (Å²) in [6, 6.07) is 39.7. The van der Waals surface area contributed by atoms with E-state index in [2.05, 4.69) is 101 Å². The number of nitrogens with zero attached hydrogens (tertiary/aromatic N) is 3. The zero-order valence-corrected chi connectivity index (χ0v) is 19.0. The molecule has 34 heavy (non-hydrogen) atoms. The molecule has 0 aliphatic carbocycles. The molecule has 0 radical (unpaired) electrons. The van der Waals surface area contributed by atoms with E-state index in [0.29, 0.717) is 5.56 Å². The fourth-order valence-corrected chi connectivity index (χ4v) is 5.46. The highest BCUT2D eigenvalue weighted by Crippen LogP contribution is 2.51. The van der Waals surface area contributed by atoms with Gasteiger partial charge in [0.25, 0.3) is 0 Å². The van der Waals surface area contributed by atoms with Gasteiger partial charge in [-0.05, 0) is 59.7 Å². The van der Waals surface area contributed by atoms with Gasteiger partial charge in [0.1, 0.15) is 0 Å². The Bertz CT molecular complexity index is 1520. The van der Waals surface area contributed by atoms with Gasteiger partial charge in [0.05, 0.1) is 28.7 Å². The number of para-hydroxylation sites is 2. The molecule has 0 amide bonds. The molecule has 1 aromatic heterocycles. The van der Waals surface area contributed by atoms with E-state index in [1.807, 2.05) is 30.0 Å². The van der Waals surface area contributed by atoms with Crippen LogP contribution in [-0.4, -0.2) is 4.98 Å². The molecule has 5 aromatic rings. The number of fused-ring (bicyclic) bond motifs is 2. The van der Waals surface area contributed by atoms with E-state index in [4.69, 9.17) is 0 Å². The number of hydrogen-bond donors (Lipinski definition) is 0. The van der Waals surface area contributed by atoms with Crippen LogP contribution in [0.5, 0.6) is 0 Å². The molecular formula is C30H19N3S. The molecule has 1 aliphatic rings. The molecule has 0 N–H and O–H groups in total. The maximum absolute atomic E-state index is 9.35. The second kappa shape index (κ2) is 8.55. The van der Waals surface area contributed by atoms with Crippen molar-refractivity contribution < 1.29 is 0 Å². The minimum absolute atomic E-state index is 0.604. The first-order valence-corrected chi connectivity index (χ1v) is 11.9. The minimum Gasteiger partial charge on any atom is -0.308 e. The lowest BCUT2D eigenvalue weighted by Gasteiger charge is -2.33. The lowest BCUT2D eigenvalue weighted by Crippen LogP contribution is -2.14. The third-order valence-electron chi connectivity index (χ3n) is 5.94. The van der Waals surface area contributed by atoms with E-state index in [1.54, 1.807) is 12.3 Å². The van der Waals surface area contributed by atoms with E-state index in [1.165, 1.54) is 21.2 Å². The van der Waals surface area contributed by atoms with E-state index in [9.17, 15) is 5.26 Å². The summed E-state index contributed by atoms with van der Waals surface area (Å²) >= 11 is 1.81. The fraction of sp³-hybridized carbons (Fsp3) is 0. The Hall–Kier alpha value is -4.33. The van der Waals surface area contributed by atoms with Crippen molar-refractivity contribution in [1.82, 2.24) is 4.98 Å². The van der Waals surface area contributed by atoms with Gasteiger partial charge in [-0.25, -0.2) is 0 Å². The predicted octanol–water partition coefficient (Wildman–Crippen LogP) is 8.22. The van der Waals surface area contributed by atoms with Crippen LogP contribution in [0.4, 0.5) is 17.1 Å². The van der Waals surface area contributed by atoms with Crippen LogP contribution < -0.4 is 4.90 Å². The maximum Gasteiger partial charge on any atom is 0.0992 e. The molecule has 0 atom stereocenters. The first-order valence-electron chi connectivity index (χ1n) is 11.0. The summed E-state index contributed by atoms with van der Waals surface area (Å²) in [5, 5.41) is 9.35. The van der Waals surface area contributed by atoms with Crippen molar-refractivity contribution in [1.29, 1.82) is 5.26 Å². The molecule has 0 saturated carbocycles. The summed E-state index contributed by atoms with van der Waals surface area (Å²) in [7, 11) is 0. The van der Waals surface area contributed by atoms with E-state index in [-0.39, 0.29) is 0 Å². The van der Waals surface area contributed by atoms with Gasteiger partial charge in [-0.3, -0.25) is 4.98 Å². The standard InChI is InChI=1S/C30H19N3S/c31-20-21-16-17-32-26(18-21)25-11-2-1-10-24(25)22-8-7-9-23(19-22)33-27-12-3-5-14-29(27)34-30-15-6-4-13-28(30)33/h1-19H. The molecule has 0 unspecified atom stereocenters. The number of aromatic nitrogens is 1. The van der Waals surface area contributed by atoms with Gasteiger partial charge in [0, 0.05) is 27.2 Å². The molecule has 1 aliphatic heterocycles. The van der Waals surface area contributed by atoms with E-state index >= 15 is 0 Å². The van der Waals surface area contributed by atoms with Crippen molar-refractivity contribution >= 4 is 28.8 Å². The second-order valence-electron chi connectivity index (χ2n) is 8.01. The Balaban J connectivity index is 1.50. The first-order chi connectivity index (χ1) is 16.8. The molecule has 4 heteroatoms. The first kappa shape index (κ1) is 20.3. The molecule has 4 aromatic carbocycles. The van der Waals surface area contributed by atoms with Crippen molar-refractivity contribution in [2.45, 2.75) is 9.79 Å². The van der Waals surface area contributed by atoms with Crippen molar-refractivity contribution in [2.75, 3.05) is 4.90 Å². The number of nitriles is 1. The van der Waals surface area contributed by atoms with Crippen LogP contribution in [0.25, 0.3) is 22.4 Å². The molecule has 6 rings (SSSR count). The molecule has 3 nitrogen and oxygen atoms in total. The largest absolute Gasteiger partial charge is 0.308 e. The normalized spacial score (nSPS) is 11.9. The van der Waals surface area contributed by atoms with Crippen molar-refractivity contribution in [2.24, 2.45) is 0 Å². The van der Waals surface area contributed by atoms with Crippen LogP contribution in [0.1, 0.15) is 5.56 Å². The number of benzene rings is 4. The summed E-state index contributed by atoms with van der Waals surface area (Å²) < 4.78 is 0. The molecule has 0 saturated heterocycles. The fourth-order valence-electron chi connectivity index (χ4n) is 4.40. The van der Waals surface area contributed by atoms with E-state index < -0.39 is 0 Å². The Morgan fingerprint density at radius 3 is 2.09 bits per heavy atom. The van der Waals surface area contributed by atoms with Gasteiger partial charge in [0.2, 0.25) is 0 Å². The Labute approximate surface area is 203 Å². The Morgan fingerprint density at radius 2 is 1.35 bits per heavy atom. The summed E-state index contributed by atoms with van der Waals surface area (Å²) in [4.78, 5) is 9.37. The van der Waals surface area contributed by atoms with Gasteiger partial charge in [-0.2, -0.15) is 5.26 Å². The zero-order valence-electron chi connectivity index (χ0n) is 18.2. The highest BCUT2D eigenvalue weighted by Gasteiger charge is 2.24. The quantitative estimate of drug-likeness (QED) is 0.271. The number of hydrogen-bond acceptors (Lipinski definition) is 4. The highest BCUT2D eigenvalue weighted by atomic mass is 32.2. The molecule has 0 spiro atoms. The second-order valence-corrected chi connectivity index (χ2v) is 9.09. The molecule has 0 bridgehead atoms. The van der Waals surface area contributed by atoms with E-state index in [0.717, 1.165) is 28.1 Å². The lowest BCUT2D eigenvalue weighted by atomic mass is 9.96. The summed E-state index contributed by atoms with van der Waals surface area (Å²) in [6.45, 7) is 0. The monoisotopic (exact) mass is 453 g/mol. The highest BCUT2D eigenvalue weighted by molar-refractivity contribution is 7.99. The predicted molar refractivity (Wildman–Crippen MR) is 139 cm³/mol. The van der Waals surface area contributed by atoms with Crippen LogP contribution in [-0.2, 0) is 0 Å². The molecular weight excluding hydrogens is 434 g/mol. The van der Waals surface area contributed by atoms with Gasteiger partial charge in [-0.1, -0.05) is 72.4 Å². The van der Waals surface area contributed by atoms with Gasteiger partial charge in [-0.15, -0.1) is 0 Å². The van der Waals surface area contributed by atoms with Gasteiger partial charge >= 0.3 is 0 Å². The molecule has 160 valence electrons. The smallest absolute Gasteiger partial charge is 0.0992 e. The van der Waals surface area contributed by atoms with Crippen LogP contribution in [0, 0.1) is 11.3 Å². The Kier molecular flexibility index (Phi) is 5.10. The number of anilines is 3. The molecule has 2 heterocycles. The average molecular weight is 454 g/mol. The number of pyridine rings is 1. The van der Waals surface area contributed by atoms with Gasteiger partial charge in [0.15, 0.2) is 0 Å². The minimum atomic E-state index is 0.604. The Morgan fingerprint density at radius 1 is 0.676 bits per heavy atom. The van der Waals surface area contributed by atoms with Crippen molar-refractivity contribution in [3.63, 3.8) is 0 Å². The summed E-state index contributed by atoms with van der Waals surface area (Å²) in [5.74, 6) is 0. The number of rotatable bonds is 3. The van der Waals surface area contributed by atoms with Crippen LogP contribution in [0.2, 0.25) is 0 Å². The maximum atomic E-state index is 9.35. The third-order valence-corrected chi connectivity index (χ3v) is 7.07. The zero-order chi connectivity index (χ0) is 22.9. The van der Waals surface area contributed by atoms with Crippen molar-refractivity contribution in [3.05, 3.63) is 121 Å². The average Bonchev–Trinajstić information content (AvgIpc) is 2.92. The van der Waals surface area contributed by atoms with Crippen LogP contribution >= 0.6 is 11.8 Å². The van der Waals surface area contributed by atoms with Crippen LogP contribution in [0.3, 0.4) is 0 Å². The SMILES string of the molecule is N#Cc1ccnc(-c2ccccc2-c2cccc(N3c4ccccc4Sc4ccccc43)c2)c1. The third kappa shape index (κ3) is 3.53. The van der Waals surface area contributed by atoms with Gasteiger partial charge < -0.3 is 4.90 Å². The topological polar surface area (TPSA) is 39.9 Å². The summed E-state index contributed by atoms with van der Waals surface area (Å²) in [6.07, 6.45) is 1.69. The lowest BCUT2D eigenvalue weighted by molar-refractivity contribution is 1.17. The summed E-state index contributed by atoms with van der Waals surface area (Å²) in [5.41, 5.74) is 8.06. The van der Waals surface area contributed by atoms with Crippen LogP contribution in [0.15, 0.2) is 125 Å². The molecule has 0 fully saturated rings.